The van der Waals surface area contributed by atoms with Gasteiger partial charge in [-0.3, -0.25) is 4.79 Å². The van der Waals surface area contributed by atoms with Crippen LogP contribution >= 0.6 is 0 Å². The number of carbonyl (C=O) groups excluding carboxylic acids is 2. The number of nitrogens with two attached hydrogens (primary N) is 1. The van der Waals surface area contributed by atoms with Crippen molar-refractivity contribution in [1.82, 2.24) is 0 Å². The van der Waals surface area contributed by atoms with Crippen LogP contribution in [-0.2, 0) is 14.3 Å². The third-order valence-corrected chi connectivity index (χ3v) is 2.50. The maximum Gasteiger partial charge on any atom is 0.306 e. The molecule has 0 bridgehead atoms. The Hall–Kier alpha value is -0.900. The number of hydrogen-bond acceptors (Lipinski definition) is 4. The average Bonchev–Trinajstić information content (AvgIpc) is 2.36. The lowest BCUT2D eigenvalue weighted by molar-refractivity contribution is -0.154. The molecule has 0 heterocycles. The van der Waals surface area contributed by atoms with Crippen molar-refractivity contribution in [2.24, 2.45) is 5.73 Å². The molecule has 0 fully saturated rings. The van der Waals surface area contributed by atoms with Crippen LogP contribution in [0.3, 0.4) is 0 Å². The summed E-state index contributed by atoms with van der Waals surface area (Å²) in [4.78, 5) is 20.4. The number of ether oxygens (including phenoxy) is 1. The lowest BCUT2D eigenvalue weighted by Gasteiger charge is -2.19. The fourth-order valence-electron chi connectivity index (χ4n) is 1.62. The Kier molecular flexibility index (Phi) is 15.5. The third kappa shape index (κ3) is 22.3. The second-order valence-corrected chi connectivity index (χ2v) is 5.86. The molecule has 0 aliphatic heterocycles. The molecule has 0 spiro atoms. The molecule has 4 nitrogen and oxygen atoms in total. The standard InChI is InChI=1S/C14H28O2.C2H5NO/c1-5-6-7-8-9-10-11-12-13(15)16-14(2,3)4;3-1-2-4/h5-12H2,1-4H3;2H,1,3H2. The molecule has 4 heteroatoms. The summed E-state index contributed by atoms with van der Waals surface area (Å²) in [5.74, 6) is -0.0546. The molecular weight excluding hydrogens is 254 g/mol. The molecule has 0 unspecified atom stereocenters. The van der Waals surface area contributed by atoms with Crippen molar-refractivity contribution in [3.05, 3.63) is 0 Å². The molecule has 0 aliphatic rings. The van der Waals surface area contributed by atoms with Crippen LogP contribution in [0.25, 0.3) is 0 Å². The van der Waals surface area contributed by atoms with Gasteiger partial charge < -0.3 is 15.3 Å². The van der Waals surface area contributed by atoms with Crippen molar-refractivity contribution < 1.29 is 14.3 Å². The van der Waals surface area contributed by atoms with Crippen LogP contribution in [0.2, 0.25) is 0 Å². The van der Waals surface area contributed by atoms with E-state index >= 15 is 0 Å². The highest BCUT2D eigenvalue weighted by atomic mass is 16.6. The first-order chi connectivity index (χ1) is 9.37. The molecule has 0 atom stereocenters. The summed E-state index contributed by atoms with van der Waals surface area (Å²) in [6.45, 7) is 8.10. The average molecular weight is 287 g/mol. The first-order valence-electron chi connectivity index (χ1n) is 7.73. The van der Waals surface area contributed by atoms with Gasteiger partial charge in [-0.2, -0.15) is 0 Å². The first kappa shape index (κ1) is 21.4. The molecule has 0 saturated heterocycles. The summed E-state index contributed by atoms with van der Waals surface area (Å²) in [5.41, 5.74) is 4.32. The largest absolute Gasteiger partial charge is 0.460 e. The highest BCUT2D eigenvalue weighted by Gasteiger charge is 2.15. The van der Waals surface area contributed by atoms with E-state index in [0.29, 0.717) is 12.7 Å². The highest BCUT2D eigenvalue weighted by Crippen LogP contribution is 2.12. The summed E-state index contributed by atoms with van der Waals surface area (Å²) in [6.07, 6.45) is 9.88. The van der Waals surface area contributed by atoms with Gasteiger partial charge in [0.25, 0.3) is 0 Å². The lowest BCUT2D eigenvalue weighted by atomic mass is 10.1. The molecule has 120 valence electrons. The number of esters is 1. The molecule has 0 aromatic rings. The number of hydrogen-bond donors (Lipinski definition) is 1. The van der Waals surface area contributed by atoms with Gasteiger partial charge in [-0.15, -0.1) is 0 Å². The van der Waals surface area contributed by atoms with Gasteiger partial charge in [-0.25, -0.2) is 0 Å². The first-order valence-corrected chi connectivity index (χ1v) is 7.73. The molecule has 0 saturated carbocycles. The van der Waals surface area contributed by atoms with E-state index in [4.69, 9.17) is 9.53 Å². The summed E-state index contributed by atoms with van der Waals surface area (Å²) < 4.78 is 5.24. The van der Waals surface area contributed by atoms with Crippen LogP contribution in [0.4, 0.5) is 0 Å². The molecule has 0 aromatic carbocycles. The van der Waals surface area contributed by atoms with E-state index in [-0.39, 0.29) is 18.1 Å². The third-order valence-electron chi connectivity index (χ3n) is 2.50. The van der Waals surface area contributed by atoms with Crippen molar-refractivity contribution >= 4 is 12.3 Å². The van der Waals surface area contributed by atoms with Crippen LogP contribution in [0.5, 0.6) is 0 Å². The van der Waals surface area contributed by atoms with E-state index in [1.165, 1.54) is 32.1 Å². The van der Waals surface area contributed by atoms with Gasteiger partial charge in [-0.05, 0) is 27.2 Å². The maximum absolute atomic E-state index is 11.4. The fraction of sp³-hybridized carbons (Fsp3) is 0.875. The fourth-order valence-corrected chi connectivity index (χ4v) is 1.62. The van der Waals surface area contributed by atoms with Crippen LogP contribution in [-0.4, -0.2) is 24.4 Å². The minimum atomic E-state index is -0.335. The maximum atomic E-state index is 11.4. The Labute approximate surface area is 124 Å². The summed E-state index contributed by atoms with van der Waals surface area (Å²) in [6, 6.07) is 0. The van der Waals surface area contributed by atoms with E-state index in [9.17, 15) is 4.79 Å². The number of aldehydes is 1. The van der Waals surface area contributed by atoms with Gasteiger partial charge in [0, 0.05) is 13.0 Å². The molecule has 0 aliphatic carbocycles. The second-order valence-electron chi connectivity index (χ2n) is 5.86. The van der Waals surface area contributed by atoms with Gasteiger partial charge in [0.1, 0.15) is 11.9 Å². The van der Waals surface area contributed by atoms with E-state index in [1.54, 1.807) is 0 Å². The highest BCUT2D eigenvalue weighted by molar-refractivity contribution is 5.69. The van der Waals surface area contributed by atoms with E-state index in [0.717, 1.165) is 12.8 Å². The normalized spacial score (nSPS) is 10.4. The Balaban J connectivity index is 0. The monoisotopic (exact) mass is 287 g/mol. The van der Waals surface area contributed by atoms with Gasteiger partial charge >= 0.3 is 5.97 Å². The van der Waals surface area contributed by atoms with Gasteiger partial charge in [0.15, 0.2) is 0 Å². The van der Waals surface area contributed by atoms with Gasteiger partial charge in [-0.1, -0.05) is 45.4 Å². The van der Waals surface area contributed by atoms with Crippen molar-refractivity contribution in [3.8, 4) is 0 Å². The van der Waals surface area contributed by atoms with Crippen molar-refractivity contribution in [3.63, 3.8) is 0 Å². The summed E-state index contributed by atoms with van der Waals surface area (Å²) >= 11 is 0. The topological polar surface area (TPSA) is 69.4 Å². The molecule has 0 aromatic heterocycles. The van der Waals surface area contributed by atoms with Crippen molar-refractivity contribution in [2.75, 3.05) is 6.54 Å². The SMILES string of the molecule is CCCCCCCCCC(=O)OC(C)(C)C.NCC=O. The predicted octanol–water partition coefficient (Wildman–Crippen LogP) is 3.61. The molecule has 2 N–H and O–H groups in total. The van der Waals surface area contributed by atoms with Gasteiger partial charge in [0.2, 0.25) is 0 Å². The van der Waals surface area contributed by atoms with Gasteiger partial charge in [0.05, 0.1) is 0 Å². The zero-order valence-corrected chi connectivity index (χ0v) is 13.7. The zero-order chi connectivity index (χ0) is 15.9. The number of unbranched alkanes of at least 4 members (excludes halogenated alkanes) is 6. The van der Waals surface area contributed by atoms with Crippen LogP contribution in [0.1, 0.15) is 79.1 Å². The Morgan fingerprint density at radius 1 is 1.05 bits per heavy atom. The molecular formula is C16H33NO3. The van der Waals surface area contributed by atoms with E-state index in [2.05, 4.69) is 12.7 Å². The quantitative estimate of drug-likeness (QED) is 0.399. The molecule has 0 amide bonds. The van der Waals surface area contributed by atoms with Crippen molar-refractivity contribution in [2.45, 2.75) is 84.7 Å². The van der Waals surface area contributed by atoms with Crippen molar-refractivity contribution in [1.29, 1.82) is 0 Å². The lowest BCUT2D eigenvalue weighted by Crippen LogP contribution is -2.23. The van der Waals surface area contributed by atoms with Crippen LogP contribution in [0, 0.1) is 0 Å². The summed E-state index contributed by atoms with van der Waals surface area (Å²) in [5, 5.41) is 0. The Bertz CT molecular complexity index is 234. The summed E-state index contributed by atoms with van der Waals surface area (Å²) in [7, 11) is 0. The Morgan fingerprint density at radius 3 is 1.90 bits per heavy atom. The van der Waals surface area contributed by atoms with Crippen LogP contribution in [0.15, 0.2) is 0 Å². The van der Waals surface area contributed by atoms with E-state index < -0.39 is 0 Å². The van der Waals surface area contributed by atoms with Crippen LogP contribution < -0.4 is 5.73 Å². The predicted molar refractivity (Wildman–Crippen MR) is 83.6 cm³/mol. The smallest absolute Gasteiger partial charge is 0.306 e. The number of carbonyl (C=O) groups is 2. The molecule has 0 radical (unpaired) electrons. The zero-order valence-electron chi connectivity index (χ0n) is 13.7. The molecule has 0 rings (SSSR count). The second kappa shape index (κ2) is 14.5. The minimum absolute atomic E-state index is 0.0546. The minimum Gasteiger partial charge on any atom is -0.460 e. The Morgan fingerprint density at radius 2 is 1.50 bits per heavy atom. The molecule has 20 heavy (non-hydrogen) atoms. The van der Waals surface area contributed by atoms with E-state index in [1.807, 2.05) is 20.8 Å². The number of rotatable bonds is 9.